The summed E-state index contributed by atoms with van der Waals surface area (Å²) in [7, 11) is 4.25. The van der Waals surface area contributed by atoms with Gasteiger partial charge in [-0.15, -0.1) is 0 Å². The van der Waals surface area contributed by atoms with Gasteiger partial charge in [0.25, 0.3) is 0 Å². The van der Waals surface area contributed by atoms with Crippen molar-refractivity contribution in [2.45, 2.75) is 45.6 Å². The van der Waals surface area contributed by atoms with Crippen molar-refractivity contribution in [3.05, 3.63) is 52.1 Å². The van der Waals surface area contributed by atoms with Gasteiger partial charge in [-0.3, -0.25) is 9.78 Å². The van der Waals surface area contributed by atoms with Gasteiger partial charge in [-0.25, -0.2) is 4.58 Å². The first kappa shape index (κ1) is 26.6. The van der Waals surface area contributed by atoms with Crippen molar-refractivity contribution in [1.82, 2.24) is 9.88 Å². The first-order valence-electron chi connectivity index (χ1n) is 12.5. The van der Waals surface area contributed by atoms with E-state index >= 15 is 0 Å². The molecular weight excluding hydrogens is 493 g/mol. The number of ketones is 1. The van der Waals surface area contributed by atoms with E-state index in [2.05, 4.69) is 35.3 Å². The highest BCUT2D eigenvalue weighted by molar-refractivity contribution is 6.37. The Labute approximate surface area is 223 Å². The molecule has 1 aliphatic rings. The Kier molecular flexibility index (Phi) is 8.03. The molecule has 0 saturated heterocycles. The van der Waals surface area contributed by atoms with Crippen molar-refractivity contribution in [2.24, 2.45) is 11.8 Å². The van der Waals surface area contributed by atoms with E-state index < -0.39 is 0 Å². The fourth-order valence-corrected chi connectivity index (χ4v) is 5.72. The monoisotopic (exact) mass is 526 g/mol. The summed E-state index contributed by atoms with van der Waals surface area (Å²) in [6, 6.07) is 9.52. The first-order valence-corrected chi connectivity index (χ1v) is 13.2. The second-order valence-corrected chi connectivity index (χ2v) is 11.3. The second kappa shape index (κ2) is 10.9. The number of phenols is 1. The van der Waals surface area contributed by atoms with Crippen LogP contribution in [0, 0.1) is 11.8 Å². The molecule has 0 unspecified atom stereocenters. The summed E-state index contributed by atoms with van der Waals surface area (Å²) in [6.45, 7) is 9.40. The van der Waals surface area contributed by atoms with Crippen LogP contribution in [0.2, 0.25) is 10.0 Å². The van der Waals surface area contributed by atoms with Crippen molar-refractivity contribution in [3.63, 3.8) is 0 Å². The average Bonchev–Trinajstić information content (AvgIpc) is 2.85. The van der Waals surface area contributed by atoms with Crippen LogP contribution in [0.25, 0.3) is 22.0 Å². The molecule has 7 heteroatoms. The molecule has 190 valence electrons. The second-order valence-electron chi connectivity index (χ2n) is 10.5. The van der Waals surface area contributed by atoms with Crippen LogP contribution in [0.3, 0.4) is 0 Å². The number of benzene rings is 2. The molecule has 36 heavy (non-hydrogen) atoms. The molecule has 0 spiro atoms. The average molecular weight is 528 g/mol. The molecule has 0 radical (unpaired) electrons. The summed E-state index contributed by atoms with van der Waals surface area (Å²) >= 11 is 12.4. The van der Waals surface area contributed by atoms with Gasteiger partial charge >= 0.3 is 0 Å². The lowest BCUT2D eigenvalue weighted by molar-refractivity contribution is -0.480. The molecule has 4 rings (SSSR count). The topological polar surface area (TPSA) is 56.4 Å². The number of pyridine rings is 1. The summed E-state index contributed by atoms with van der Waals surface area (Å²) in [4.78, 5) is 20.2. The van der Waals surface area contributed by atoms with Gasteiger partial charge in [0.15, 0.2) is 17.6 Å². The van der Waals surface area contributed by atoms with E-state index in [-0.39, 0.29) is 33.5 Å². The molecule has 1 saturated carbocycles. The minimum atomic E-state index is -0.162. The van der Waals surface area contributed by atoms with Gasteiger partial charge in [-0.1, -0.05) is 43.1 Å². The van der Waals surface area contributed by atoms with Crippen molar-refractivity contribution >= 4 is 52.3 Å². The lowest BCUT2D eigenvalue weighted by Gasteiger charge is -2.28. The van der Waals surface area contributed by atoms with E-state index in [0.717, 1.165) is 59.9 Å². The number of carbonyl (C=O) groups is 1. The Hall–Kier alpha value is -2.47. The molecule has 1 N–H and O–H groups in total. The lowest BCUT2D eigenvalue weighted by Crippen LogP contribution is -2.32. The molecule has 1 fully saturated rings. The summed E-state index contributed by atoms with van der Waals surface area (Å²) in [5.41, 5.74) is 3.86. The maximum absolute atomic E-state index is 13.3. The molecule has 1 heterocycles. The molecule has 5 nitrogen and oxygen atoms in total. The van der Waals surface area contributed by atoms with Crippen LogP contribution in [0.4, 0.5) is 5.69 Å². The highest BCUT2D eigenvalue weighted by Gasteiger charge is 2.33. The third kappa shape index (κ3) is 5.44. The number of Topliss-reactive ketones (excluding diaryl/α,β-unsaturated/α-hetero) is 1. The van der Waals surface area contributed by atoms with Crippen molar-refractivity contribution in [3.8, 4) is 16.9 Å². The smallest absolute Gasteiger partial charge is 0.226 e. The van der Waals surface area contributed by atoms with E-state index in [1.165, 1.54) is 0 Å². The summed E-state index contributed by atoms with van der Waals surface area (Å²) < 4.78 is 2.06. The van der Waals surface area contributed by atoms with Gasteiger partial charge in [-0.2, -0.15) is 0 Å². The zero-order valence-corrected chi connectivity index (χ0v) is 22.9. The van der Waals surface area contributed by atoms with Gasteiger partial charge < -0.3 is 10.0 Å². The number of nitrogens with zero attached hydrogens (tertiary/aromatic N) is 3. The minimum Gasteiger partial charge on any atom is -0.505 e. The van der Waals surface area contributed by atoms with Crippen LogP contribution >= 0.6 is 23.2 Å². The SMILES string of the molecule is C=[N+](c1c(C(=O)C(C)C)cnc2ccc(-c3cc(Cl)c(O)c(Cl)c3)cc12)C1CCC(CN(C)C)CC1. The van der Waals surface area contributed by atoms with E-state index in [1.807, 2.05) is 32.0 Å². The number of hydrogen-bond acceptors (Lipinski definition) is 4. The fourth-order valence-electron chi connectivity index (χ4n) is 5.23. The predicted molar refractivity (Wildman–Crippen MR) is 149 cm³/mol. The number of halogens is 2. The zero-order valence-electron chi connectivity index (χ0n) is 21.4. The van der Waals surface area contributed by atoms with E-state index in [1.54, 1.807) is 18.3 Å². The van der Waals surface area contributed by atoms with Gasteiger partial charge in [0, 0.05) is 31.5 Å². The van der Waals surface area contributed by atoms with E-state index in [9.17, 15) is 9.90 Å². The molecule has 0 amide bonds. The third-order valence-corrected chi connectivity index (χ3v) is 7.72. The number of aromatic nitrogens is 1. The van der Waals surface area contributed by atoms with E-state index in [4.69, 9.17) is 23.2 Å². The normalized spacial score (nSPS) is 18.2. The minimum absolute atomic E-state index is 0.0514. The standard InChI is InChI=1S/C29H33Cl2N3O2/c1-17(2)28(35)23-15-32-26-11-8-19(20-13-24(30)29(36)25(31)14-20)12-22(26)27(23)34(5)21-9-6-18(7-10-21)16-33(3)4/h8,11-15,17-18,21H,5-7,9-10,16H2,1-4H3/p+1. The molecule has 0 bridgehead atoms. The predicted octanol–water partition coefficient (Wildman–Crippen LogP) is 7.22. The Balaban J connectivity index is 1.81. The van der Waals surface area contributed by atoms with Crippen LogP contribution in [-0.4, -0.2) is 58.7 Å². The number of hydrogen-bond donors (Lipinski definition) is 1. The molecular formula is C29H34Cl2N3O2+. The van der Waals surface area contributed by atoms with Crippen LogP contribution in [-0.2, 0) is 0 Å². The largest absolute Gasteiger partial charge is 0.505 e. The highest BCUT2D eigenvalue weighted by Crippen LogP contribution is 2.40. The molecule has 3 aromatic rings. The zero-order chi connectivity index (χ0) is 26.1. The number of aromatic hydroxyl groups is 1. The third-order valence-electron chi connectivity index (χ3n) is 7.15. The van der Waals surface area contributed by atoms with Crippen LogP contribution < -0.4 is 0 Å². The summed E-state index contributed by atoms with van der Waals surface area (Å²) in [5.74, 6) is 0.440. The molecule has 1 aliphatic carbocycles. The number of rotatable bonds is 7. The number of carbonyl (C=O) groups excluding carboxylic acids is 1. The quantitative estimate of drug-likeness (QED) is 0.200. The maximum Gasteiger partial charge on any atom is 0.226 e. The van der Waals surface area contributed by atoms with Gasteiger partial charge in [0.1, 0.15) is 12.3 Å². The van der Waals surface area contributed by atoms with Crippen LogP contribution in [0.1, 0.15) is 49.9 Å². The van der Waals surface area contributed by atoms with Gasteiger partial charge in [0.05, 0.1) is 20.9 Å². The number of phenolic OH excluding ortho intramolecular Hbond substituents is 1. The number of fused-ring (bicyclic) bond motifs is 1. The van der Waals surface area contributed by atoms with Crippen molar-refractivity contribution in [2.75, 3.05) is 20.6 Å². The van der Waals surface area contributed by atoms with Crippen LogP contribution in [0.5, 0.6) is 5.75 Å². The van der Waals surface area contributed by atoms with Gasteiger partial charge in [-0.05, 0) is 68.2 Å². The molecule has 1 aromatic heterocycles. The van der Waals surface area contributed by atoms with Gasteiger partial charge in [0.2, 0.25) is 5.69 Å². The van der Waals surface area contributed by atoms with Crippen LogP contribution in [0.15, 0.2) is 36.5 Å². The Morgan fingerprint density at radius 1 is 1.11 bits per heavy atom. The Bertz CT molecular complexity index is 1290. The fraction of sp³-hybridized carbons (Fsp3) is 0.414. The van der Waals surface area contributed by atoms with Crippen molar-refractivity contribution < 1.29 is 14.5 Å². The lowest BCUT2D eigenvalue weighted by atomic mass is 9.85. The maximum atomic E-state index is 13.3. The van der Waals surface area contributed by atoms with E-state index in [0.29, 0.717) is 11.5 Å². The first-order chi connectivity index (χ1) is 17.1. The Morgan fingerprint density at radius 3 is 2.33 bits per heavy atom. The summed E-state index contributed by atoms with van der Waals surface area (Å²) in [5, 5.41) is 11.2. The molecule has 0 aliphatic heterocycles. The van der Waals surface area contributed by atoms with Crippen molar-refractivity contribution in [1.29, 1.82) is 0 Å². The molecule has 2 aromatic carbocycles. The highest BCUT2D eigenvalue weighted by atomic mass is 35.5. The Morgan fingerprint density at radius 2 is 1.75 bits per heavy atom. The summed E-state index contributed by atoms with van der Waals surface area (Å²) in [6.07, 6.45) is 6.04. The molecule has 0 atom stereocenters.